The van der Waals surface area contributed by atoms with E-state index in [9.17, 15) is 13.0 Å². The van der Waals surface area contributed by atoms with Gasteiger partial charge in [0.25, 0.3) is 10.1 Å². The maximum Gasteiger partial charge on any atom is 0.294 e. The third-order valence-corrected chi connectivity index (χ3v) is 5.89. The van der Waals surface area contributed by atoms with Crippen LogP contribution >= 0.6 is 0 Å². The molecule has 0 aromatic heterocycles. The maximum absolute atomic E-state index is 11.5. The Bertz CT molecular complexity index is 895. The summed E-state index contributed by atoms with van der Waals surface area (Å²) in [5, 5.41) is 0. The maximum atomic E-state index is 11.5. The highest BCUT2D eigenvalue weighted by Gasteiger charge is 2.32. The average molecular weight is 344 g/mol. The monoisotopic (exact) mass is 344 g/mol. The van der Waals surface area contributed by atoms with Gasteiger partial charge in [-0.1, -0.05) is 24.3 Å². The Hall–Kier alpha value is -1.89. The minimum absolute atomic E-state index is 0.0358. The molecule has 0 bridgehead atoms. The van der Waals surface area contributed by atoms with Crippen molar-refractivity contribution in [3.63, 3.8) is 0 Å². The lowest BCUT2D eigenvalue weighted by Gasteiger charge is -2.41. The molecule has 6 heteroatoms. The van der Waals surface area contributed by atoms with Crippen molar-refractivity contribution >= 4 is 15.8 Å². The number of fused-ring (bicyclic) bond motifs is 5. The first-order valence-electron chi connectivity index (χ1n) is 8.07. The van der Waals surface area contributed by atoms with Crippen LogP contribution in [-0.2, 0) is 16.5 Å². The fraction of sp³-hybridized carbons (Fsp3) is 0.333. The van der Waals surface area contributed by atoms with Gasteiger partial charge in [-0.2, -0.15) is 8.42 Å². The second-order valence-electron chi connectivity index (χ2n) is 6.61. The predicted molar refractivity (Wildman–Crippen MR) is 93.1 cm³/mol. The smallest absolute Gasteiger partial charge is 0.294 e. The molecule has 2 heterocycles. The Morgan fingerprint density at radius 3 is 2.67 bits per heavy atom. The van der Waals surface area contributed by atoms with Crippen molar-refractivity contribution in [3.8, 4) is 0 Å². The zero-order valence-corrected chi connectivity index (χ0v) is 14.3. The summed E-state index contributed by atoms with van der Waals surface area (Å²) in [5.41, 5.74) is 4.53. The van der Waals surface area contributed by atoms with E-state index in [1.807, 2.05) is 12.1 Å². The van der Waals surface area contributed by atoms with Crippen LogP contribution in [0.2, 0.25) is 0 Å². The van der Waals surface area contributed by atoms with Crippen LogP contribution in [0.15, 0.2) is 47.4 Å². The lowest BCUT2D eigenvalue weighted by atomic mass is 9.96. The van der Waals surface area contributed by atoms with E-state index < -0.39 is 10.1 Å². The molecular weight excluding hydrogens is 324 g/mol. The number of hydrogen-bond acceptors (Lipinski definition) is 4. The minimum atomic E-state index is -4.19. The molecular formula is C18H20N2O3S. The third kappa shape index (κ3) is 2.60. The van der Waals surface area contributed by atoms with Crippen LogP contribution in [0.3, 0.4) is 0 Å². The third-order valence-electron chi connectivity index (χ3n) is 5.04. The van der Waals surface area contributed by atoms with E-state index in [2.05, 4.69) is 35.0 Å². The van der Waals surface area contributed by atoms with E-state index in [-0.39, 0.29) is 10.9 Å². The molecule has 0 saturated carbocycles. The van der Waals surface area contributed by atoms with E-state index >= 15 is 0 Å². The van der Waals surface area contributed by atoms with Crippen LogP contribution in [0, 0.1) is 0 Å². The normalized spacial score (nSPS) is 20.8. The van der Waals surface area contributed by atoms with Gasteiger partial charge in [0.05, 0.1) is 10.9 Å². The van der Waals surface area contributed by atoms with Crippen molar-refractivity contribution in [3.05, 3.63) is 59.2 Å². The highest BCUT2D eigenvalue weighted by Crippen LogP contribution is 2.39. The molecule has 2 aromatic rings. The number of rotatable bonds is 1. The van der Waals surface area contributed by atoms with Gasteiger partial charge in [-0.05, 0) is 48.4 Å². The zero-order chi connectivity index (χ0) is 16.9. The van der Waals surface area contributed by atoms with Crippen LogP contribution in [-0.4, -0.2) is 44.6 Å². The van der Waals surface area contributed by atoms with Gasteiger partial charge < -0.3 is 9.80 Å². The molecule has 1 fully saturated rings. The van der Waals surface area contributed by atoms with Crippen LogP contribution in [0.5, 0.6) is 0 Å². The SMILES string of the molecule is CN1CCN2c3ccc(S(=O)(=O)O)cc3Cc3ccccc3[C@@H]2C1. The summed E-state index contributed by atoms with van der Waals surface area (Å²) in [4.78, 5) is 4.66. The van der Waals surface area contributed by atoms with Crippen LogP contribution in [0.4, 0.5) is 5.69 Å². The number of benzene rings is 2. The molecule has 2 aliphatic rings. The van der Waals surface area contributed by atoms with Crippen LogP contribution in [0.1, 0.15) is 22.7 Å². The lowest BCUT2D eigenvalue weighted by molar-refractivity contribution is 0.269. The predicted octanol–water partition coefficient (Wildman–Crippen LogP) is 2.33. The Morgan fingerprint density at radius 2 is 1.88 bits per heavy atom. The van der Waals surface area contributed by atoms with Gasteiger partial charge in [0, 0.05) is 25.3 Å². The van der Waals surface area contributed by atoms with Crippen molar-refractivity contribution in [1.82, 2.24) is 4.90 Å². The molecule has 24 heavy (non-hydrogen) atoms. The first kappa shape index (κ1) is 15.6. The summed E-state index contributed by atoms with van der Waals surface area (Å²) in [6.45, 7) is 2.81. The molecule has 4 rings (SSSR count). The molecule has 0 amide bonds. The van der Waals surface area contributed by atoms with Gasteiger partial charge in [0.15, 0.2) is 0 Å². The van der Waals surface area contributed by atoms with Crippen molar-refractivity contribution in [2.75, 3.05) is 31.6 Å². The van der Waals surface area contributed by atoms with E-state index in [0.717, 1.165) is 30.9 Å². The molecule has 126 valence electrons. The van der Waals surface area contributed by atoms with Crippen LogP contribution in [0.25, 0.3) is 0 Å². The van der Waals surface area contributed by atoms with Gasteiger partial charge in [0.1, 0.15) is 0 Å². The summed E-state index contributed by atoms with van der Waals surface area (Å²) in [5.74, 6) is 0. The number of hydrogen-bond donors (Lipinski definition) is 1. The number of anilines is 1. The summed E-state index contributed by atoms with van der Waals surface area (Å²) >= 11 is 0. The molecule has 2 aromatic carbocycles. The van der Waals surface area contributed by atoms with Crippen molar-refractivity contribution in [2.24, 2.45) is 0 Å². The first-order valence-corrected chi connectivity index (χ1v) is 9.51. The fourth-order valence-electron chi connectivity index (χ4n) is 3.84. The molecule has 0 aliphatic carbocycles. The number of piperazine rings is 1. The van der Waals surface area contributed by atoms with E-state index in [1.54, 1.807) is 6.07 Å². The summed E-state index contributed by atoms with van der Waals surface area (Å²) in [6.07, 6.45) is 0.672. The molecule has 1 atom stereocenters. The number of nitrogens with zero attached hydrogens (tertiary/aromatic N) is 2. The molecule has 0 radical (unpaired) electrons. The molecule has 0 spiro atoms. The van der Waals surface area contributed by atoms with Gasteiger partial charge in [-0.25, -0.2) is 0 Å². The second-order valence-corrected chi connectivity index (χ2v) is 8.03. The average Bonchev–Trinajstić information content (AvgIpc) is 2.67. The highest BCUT2D eigenvalue weighted by molar-refractivity contribution is 7.85. The Morgan fingerprint density at radius 1 is 1.08 bits per heavy atom. The second kappa shape index (κ2) is 5.58. The first-order chi connectivity index (χ1) is 11.4. The van der Waals surface area contributed by atoms with E-state index in [0.29, 0.717) is 6.42 Å². The molecule has 1 N–H and O–H groups in total. The highest BCUT2D eigenvalue weighted by atomic mass is 32.2. The summed E-state index contributed by atoms with van der Waals surface area (Å²) in [6, 6.07) is 13.6. The van der Waals surface area contributed by atoms with Gasteiger partial charge in [-0.3, -0.25) is 4.55 Å². The Labute approximate surface area is 142 Å². The Balaban J connectivity index is 1.90. The topological polar surface area (TPSA) is 60.9 Å². The van der Waals surface area contributed by atoms with Crippen molar-refractivity contribution in [2.45, 2.75) is 17.4 Å². The van der Waals surface area contributed by atoms with Gasteiger partial charge >= 0.3 is 0 Å². The molecule has 5 nitrogen and oxygen atoms in total. The van der Waals surface area contributed by atoms with Crippen LogP contribution < -0.4 is 4.90 Å². The number of likely N-dealkylation sites (N-methyl/N-ethyl adjacent to an activating group) is 1. The van der Waals surface area contributed by atoms with E-state index in [1.165, 1.54) is 17.2 Å². The Kier molecular flexibility index (Phi) is 3.63. The van der Waals surface area contributed by atoms with Crippen molar-refractivity contribution < 1.29 is 13.0 Å². The van der Waals surface area contributed by atoms with Gasteiger partial charge in [0.2, 0.25) is 0 Å². The quantitative estimate of drug-likeness (QED) is 0.805. The molecule has 2 aliphatic heterocycles. The summed E-state index contributed by atoms with van der Waals surface area (Å²) < 4.78 is 32.4. The standard InChI is InChI=1S/C18H20N2O3S/c1-19-8-9-20-17-7-6-15(24(21,22)23)11-14(17)10-13-4-2-3-5-16(13)18(20)12-19/h2-7,11,18H,8-10,12H2,1H3,(H,21,22,23)/t18-/m0/s1. The van der Waals surface area contributed by atoms with Gasteiger partial charge in [-0.15, -0.1) is 0 Å². The molecule has 0 unspecified atom stereocenters. The summed E-state index contributed by atoms with van der Waals surface area (Å²) in [7, 11) is -2.06. The molecule has 1 saturated heterocycles. The largest absolute Gasteiger partial charge is 0.362 e. The minimum Gasteiger partial charge on any atom is -0.362 e. The van der Waals surface area contributed by atoms with E-state index in [4.69, 9.17) is 0 Å². The van der Waals surface area contributed by atoms with Crippen molar-refractivity contribution in [1.29, 1.82) is 0 Å². The zero-order valence-electron chi connectivity index (χ0n) is 13.5. The lowest BCUT2D eigenvalue weighted by Crippen LogP contribution is -2.46. The fourth-order valence-corrected chi connectivity index (χ4v) is 4.37.